The molecule has 0 bridgehead atoms. The summed E-state index contributed by atoms with van der Waals surface area (Å²) in [5.41, 5.74) is 1.83. The van der Waals surface area contributed by atoms with Gasteiger partial charge in [-0.25, -0.2) is 13.4 Å². The van der Waals surface area contributed by atoms with Crippen molar-refractivity contribution in [3.8, 4) is 11.1 Å². The first-order valence-electron chi connectivity index (χ1n) is 7.88. The summed E-state index contributed by atoms with van der Waals surface area (Å²) in [6.45, 7) is 1.76. The number of thiazole rings is 1. The summed E-state index contributed by atoms with van der Waals surface area (Å²) >= 11 is 1.28. The first kappa shape index (κ1) is 18.3. The zero-order chi connectivity index (χ0) is 18.9. The zero-order valence-corrected chi connectivity index (χ0v) is 16.3. The fourth-order valence-corrected chi connectivity index (χ4v) is 4.77. The second-order valence-electron chi connectivity index (χ2n) is 6.02. The van der Waals surface area contributed by atoms with Crippen LogP contribution in [0.1, 0.15) is 15.4 Å². The summed E-state index contributed by atoms with van der Waals surface area (Å²) in [7, 11) is -0.533. The third kappa shape index (κ3) is 3.54. The molecule has 7 heteroatoms. The van der Waals surface area contributed by atoms with Gasteiger partial charge in [0, 0.05) is 25.0 Å². The minimum absolute atomic E-state index is 0.00784. The fraction of sp³-hybridized carbons (Fsp3) is 0.158. The van der Waals surface area contributed by atoms with E-state index in [1.165, 1.54) is 27.7 Å². The van der Waals surface area contributed by atoms with Crippen molar-refractivity contribution >= 4 is 27.1 Å². The Morgan fingerprint density at radius 3 is 2.31 bits per heavy atom. The molecule has 1 heterocycles. The lowest BCUT2D eigenvalue weighted by Gasteiger charge is -2.13. The van der Waals surface area contributed by atoms with Crippen molar-refractivity contribution in [2.24, 2.45) is 0 Å². The van der Waals surface area contributed by atoms with E-state index in [1.807, 2.05) is 30.3 Å². The van der Waals surface area contributed by atoms with Gasteiger partial charge in [0.05, 0.1) is 9.90 Å². The number of nitrogens with zero attached hydrogens (tertiary/aromatic N) is 2. The molecule has 0 saturated heterocycles. The predicted molar refractivity (Wildman–Crippen MR) is 102 cm³/mol. The van der Waals surface area contributed by atoms with E-state index in [9.17, 15) is 13.2 Å². The normalized spacial score (nSPS) is 11.3. The number of hydrogen-bond acceptors (Lipinski definition) is 5. The number of benzene rings is 2. The molecule has 0 aliphatic rings. The van der Waals surface area contributed by atoms with E-state index in [2.05, 4.69) is 4.98 Å². The lowest BCUT2D eigenvalue weighted by atomic mass is 10.0. The molecular weight excluding hydrogens is 368 g/mol. The second kappa shape index (κ2) is 7.01. The monoisotopic (exact) mass is 386 g/mol. The maximum absolute atomic E-state index is 13.0. The maximum Gasteiger partial charge on any atom is 0.253 e. The molecule has 0 aliphatic carbocycles. The molecule has 3 rings (SSSR count). The van der Waals surface area contributed by atoms with Crippen molar-refractivity contribution in [1.82, 2.24) is 9.88 Å². The van der Waals surface area contributed by atoms with E-state index >= 15 is 0 Å². The highest BCUT2D eigenvalue weighted by Gasteiger charge is 2.23. The van der Waals surface area contributed by atoms with E-state index in [1.54, 1.807) is 33.2 Å². The molecule has 0 unspecified atom stereocenters. The maximum atomic E-state index is 13.0. The van der Waals surface area contributed by atoms with Crippen LogP contribution < -0.4 is 0 Å². The van der Waals surface area contributed by atoms with Gasteiger partial charge in [0.15, 0.2) is 5.03 Å². The van der Waals surface area contributed by atoms with Crippen molar-refractivity contribution < 1.29 is 13.2 Å². The van der Waals surface area contributed by atoms with Gasteiger partial charge in [0.2, 0.25) is 9.84 Å². The third-order valence-electron chi connectivity index (χ3n) is 3.85. The number of aromatic nitrogens is 1. The average Bonchev–Trinajstić information content (AvgIpc) is 3.08. The molecule has 2 aromatic carbocycles. The summed E-state index contributed by atoms with van der Waals surface area (Å²) in [4.78, 5) is 18.1. The summed E-state index contributed by atoms with van der Waals surface area (Å²) < 4.78 is 26.0. The Hall–Kier alpha value is -2.51. The molecular formula is C19H18N2O3S2. The van der Waals surface area contributed by atoms with Crippen molar-refractivity contribution in [3.63, 3.8) is 0 Å². The number of amides is 1. The quantitative estimate of drug-likeness (QED) is 0.686. The van der Waals surface area contributed by atoms with Gasteiger partial charge in [0.25, 0.3) is 5.91 Å². The van der Waals surface area contributed by atoms with Crippen LogP contribution in [0.15, 0.2) is 63.8 Å². The van der Waals surface area contributed by atoms with Gasteiger partial charge < -0.3 is 4.90 Å². The van der Waals surface area contributed by atoms with Crippen molar-refractivity contribution in [1.29, 1.82) is 0 Å². The predicted octanol–water partition coefficient (Wildman–Crippen LogP) is 3.65. The lowest BCUT2D eigenvalue weighted by Crippen LogP contribution is -2.22. The minimum Gasteiger partial charge on any atom is -0.345 e. The smallest absolute Gasteiger partial charge is 0.253 e. The largest absolute Gasteiger partial charge is 0.345 e. The van der Waals surface area contributed by atoms with Crippen LogP contribution in [0.5, 0.6) is 0 Å². The molecule has 0 radical (unpaired) electrons. The SMILES string of the molecule is Cc1nc(S(=O)(=O)c2cc(C(=O)N(C)C)cc(-c3ccccc3)c2)cs1. The van der Waals surface area contributed by atoms with Gasteiger partial charge in [-0.05, 0) is 36.2 Å². The Balaban J connectivity index is 2.22. The van der Waals surface area contributed by atoms with Crippen LogP contribution in [0.4, 0.5) is 0 Å². The van der Waals surface area contributed by atoms with Crippen LogP contribution in [-0.4, -0.2) is 38.3 Å². The first-order valence-corrected chi connectivity index (χ1v) is 10.2. The van der Waals surface area contributed by atoms with E-state index in [-0.39, 0.29) is 15.8 Å². The highest BCUT2D eigenvalue weighted by atomic mass is 32.2. The molecule has 1 aromatic heterocycles. The standard InChI is InChI=1S/C19H18N2O3S2/c1-13-20-18(12-25-13)26(23,24)17-10-15(14-7-5-4-6-8-14)9-16(11-17)19(22)21(2)3/h4-12H,1-3H3. The van der Waals surface area contributed by atoms with Crippen molar-refractivity contribution in [3.05, 3.63) is 64.5 Å². The average molecular weight is 386 g/mol. The fourth-order valence-electron chi connectivity index (χ4n) is 2.52. The number of hydrogen-bond donors (Lipinski definition) is 0. The number of carbonyl (C=O) groups is 1. The Bertz CT molecular complexity index is 1060. The molecule has 134 valence electrons. The highest BCUT2D eigenvalue weighted by Crippen LogP contribution is 2.29. The van der Waals surface area contributed by atoms with Gasteiger partial charge in [-0.15, -0.1) is 11.3 Å². The van der Waals surface area contributed by atoms with E-state index in [0.717, 1.165) is 5.56 Å². The van der Waals surface area contributed by atoms with Gasteiger partial charge in [-0.1, -0.05) is 30.3 Å². The van der Waals surface area contributed by atoms with Crippen LogP contribution in [0.3, 0.4) is 0 Å². The molecule has 5 nitrogen and oxygen atoms in total. The van der Waals surface area contributed by atoms with Gasteiger partial charge in [-0.3, -0.25) is 4.79 Å². The van der Waals surface area contributed by atoms with Crippen LogP contribution in [0.2, 0.25) is 0 Å². The molecule has 0 atom stereocenters. The van der Waals surface area contributed by atoms with Crippen LogP contribution in [0, 0.1) is 6.92 Å². The first-order chi connectivity index (χ1) is 12.3. The van der Waals surface area contributed by atoms with E-state index < -0.39 is 9.84 Å². The molecule has 0 spiro atoms. The highest BCUT2D eigenvalue weighted by molar-refractivity contribution is 7.91. The molecule has 1 amide bonds. The van der Waals surface area contributed by atoms with Crippen molar-refractivity contribution in [2.75, 3.05) is 14.1 Å². The Morgan fingerprint density at radius 1 is 1.04 bits per heavy atom. The van der Waals surface area contributed by atoms with Crippen LogP contribution >= 0.6 is 11.3 Å². The molecule has 0 aliphatic heterocycles. The molecule has 26 heavy (non-hydrogen) atoms. The van der Waals surface area contributed by atoms with Gasteiger partial charge >= 0.3 is 0 Å². The zero-order valence-electron chi connectivity index (χ0n) is 14.6. The summed E-state index contributed by atoms with van der Waals surface area (Å²) in [5.74, 6) is -0.256. The van der Waals surface area contributed by atoms with Crippen LogP contribution in [-0.2, 0) is 9.84 Å². The molecule has 0 saturated carbocycles. The summed E-state index contributed by atoms with van der Waals surface area (Å²) in [6, 6.07) is 14.1. The third-order valence-corrected chi connectivity index (χ3v) is 6.39. The molecule has 0 fully saturated rings. The number of rotatable bonds is 4. The summed E-state index contributed by atoms with van der Waals surface area (Å²) in [5, 5.41) is 2.20. The number of aryl methyl sites for hydroxylation is 1. The minimum atomic E-state index is -3.80. The second-order valence-corrected chi connectivity index (χ2v) is 8.98. The number of sulfone groups is 1. The lowest BCUT2D eigenvalue weighted by molar-refractivity contribution is 0.0827. The van der Waals surface area contributed by atoms with Crippen molar-refractivity contribution in [2.45, 2.75) is 16.8 Å². The summed E-state index contributed by atoms with van der Waals surface area (Å²) in [6.07, 6.45) is 0. The Kier molecular flexibility index (Phi) is 4.93. The van der Waals surface area contributed by atoms with Gasteiger partial charge in [0.1, 0.15) is 0 Å². The topological polar surface area (TPSA) is 67.3 Å². The number of carbonyl (C=O) groups excluding carboxylic acids is 1. The van der Waals surface area contributed by atoms with E-state index in [4.69, 9.17) is 0 Å². The van der Waals surface area contributed by atoms with E-state index in [0.29, 0.717) is 16.1 Å². The van der Waals surface area contributed by atoms with Gasteiger partial charge in [-0.2, -0.15) is 0 Å². The Morgan fingerprint density at radius 2 is 1.73 bits per heavy atom. The van der Waals surface area contributed by atoms with Crippen LogP contribution in [0.25, 0.3) is 11.1 Å². The Labute approximate surface area is 156 Å². The molecule has 0 N–H and O–H groups in total. The molecule has 3 aromatic rings.